The molecule has 0 saturated carbocycles. The minimum absolute atomic E-state index is 0.151. The van der Waals surface area contributed by atoms with E-state index in [1.165, 1.54) is 0 Å². The van der Waals surface area contributed by atoms with Gasteiger partial charge >= 0.3 is 0 Å². The molecule has 108 valence electrons. The molecule has 1 amide bonds. The summed E-state index contributed by atoms with van der Waals surface area (Å²) in [5.74, 6) is -0.151. The fourth-order valence-electron chi connectivity index (χ4n) is 2.55. The quantitative estimate of drug-likeness (QED) is 0.734. The summed E-state index contributed by atoms with van der Waals surface area (Å²) < 4.78 is 0. The molecule has 3 heteroatoms. The van der Waals surface area contributed by atoms with Gasteiger partial charge in [-0.1, -0.05) is 42.5 Å². The number of rotatable bonds is 3. The summed E-state index contributed by atoms with van der Waals surface area (Å²) in [6.07, 6.45) is 0.829. The van der Waals surface area contributed by atoms with Crippen LogP contribution in [-0.4, -0.2) is 12.2 Å². The molecule has 0 aromatic heterocycles. The summed E-state index contributed by atoms with van der Waals surface area (Å²) >= 11 is 0. The van der Waals surface area contributed by atoms with Crippen LogP contribution in [0.25, 0.3) is 10.8 Å². The van der Waals surface area contributed by atoms with Crippen molar-refractivity contribution >= 4 is 28.7 Å². The van der Waals surface area contributed by atoms with Gasteiger partial charge in [0.15, 0.2) is 6.29 Å². The largest absolute Gasteiger partial charge is 0.321 e. The van der Waals surface area contributed by atoms with Crippen molar-refractivity contribution < 1.29 is 9.59 Å². The van der Waals surface area contributed by atoms with Crippen LogP contribution in [0.3, 0.4) is 0 Å². The molecule has 0 fully saturated rings. The molecule has 1 N–H and O–H groups in total. The number of hydrogen-bond acceptors (Lipinski definition) is 2. The maximum atomic E-state index is 12.5. The Hall–Kier alpha value is -2.94. The molecule has 0 radical (unpaired) electrons. The molecule has 0 spiro atoms. The Balaban J connectivity index is 2.03. The van der Waals surface area contributed by atoms with Gasteiger partial charge in [-0.15, -0.1) is 0 Å². The zero-order valence-electron chi connectivity index (χ0n) is 12.2. The molecule has 3 aromatic rings. The van der Waals surface area contributed by atoms with Gasteiger partial charge in [0.05, 0.1) is 0 Å². The van der Waals surface area contributed by atoms with E-state index in [1.54, 1.807) is 18.2 Å². The summed E-state index contributed by atoms with van der Waals surface area (Å²) in [7, 11) is 0. The molecular weight excluding hydrogens is 274 g/mol. The average Bonchev–Trinajstić information content (AvgIpc) is 2.55. The first-order valence-corrected chi connectivity index (χ1v) is 7.04. The zero-order chi connectivity index (χ0) is 15.5. The third kappa shape index (κ3) is 2.49. The van der Waals surface area contributed by atoms with Crippen molar-refractivity contribution in [3.63, 3.8) is 0 Å². The van der Waals surface area contributed by atoms with Crippen molar-refractivity contribution in [2.75, 3.05) is 5.32 Å². The summed E-state index contributed by atoms with van der Waals surface area (Å²) in [5.41, 5.74) is 2.89. The van der Waals surface area contributed by atoms with Gasteiger partial charge in [-0.3, -0.25) is 9.59 Å². The van der Waals surface area contributed by atoms with Gasteiger partial charge < -0.3 is 5.32 Å². The van der Waals surface area contributed by atoms with Crippen LogP contribution in [0.2, 0.25) is 0 Å². The van der Waals surface area contributed by atoms with Gasteiger partial charge in [-0.2, -0.15) is 0 Å². The fraction of sp³-hybridized carbons (Fsp3) is 0.0526. The maximum absolute atomic E-state index is 12.5. The number of nitrogens with one attached hydrogen (secondary N) is 1. The Morgan fingerprint density at radius 3 is 2.32 bits per heavy atom. The van der Waals surface area contributed by atoms with E-state index in [1.807, 2.05) is 49.4 Å². The lowest BCUT2D eigenvalue weighted by Crippen LogP contribution is -2.13. The molecule has 3 nitrogen and oxygen atoms in total. The number of carbonyl (C=O) groups excluding carboxylic acids is 2. The van der Waals surface area contributed by atoms with Crippen LogP contribution in [0.1, 0.15) is 26.3 Å². The minimum Gasteiger partial charge on any atom is -0.321 e. The Bertz CT molecular complexity index is 868. The maximum Gasteiger partial charge on any atom is 0.255 e. The van der Waals surface area contributed by atoms with E-state index in [-0.39, 0.29) is 5.91 Å². The van der Waals surface area contributed by atoms with E-state index in [0.29, 0.717) is 16.8 Å². The second-order valence-electron chi connectivity index (χ2n) is 5.13. The molecule has 0 aliphatic carbocycles. The fourth-order valence-corrected chi connectivity index (χ4v) is 2.55. The van der Waals surface area contributed by atoms with E-state index >= 15 is 0 Å². The number of fused-ring (bicyclic) bond motifs is 1. The highest BCUT2D eigenvalue weighted by molar-refractivity contribution is 6.12. The predicted octanol–water partition coefficient (Wildman–Crippen LogP) is 4.21. The first-order valence-electron chi connectivity index (χ1n) is 7.04. The van der Waals surface area contributed by atoms with E-state index in [2.05, 4.69) is 5.32 Å². The number of carbonyl (C=O) groups is 2. The summed E-state index contributed by atoms with van der Waals surface area (Å²) in [4.78, 5) is 23.6. The van der Waals surface area contributed by atoms with Crippen molar-refractivity contribution in [2.45, 2.75) is 6.92 Å². The van der Waals surface area contributed by atoms with Crippen molar-refractivity contribution in [3.8, 4) is 0 Å². The SMILES string of the molecule is Cc1ccccc1C(=O)Nc1ccc(C=O)c2ccccc12. The van der Waals surface area contributed by atoms with Crippen LogP contribution in [0.4, 0.5) is 5.69 Å². The van der Waals surface area contributed by atoms with Crippen molar-refractivity contribution in [1.29, 1.82) is 0 Å². The number of amides is 1. The molecule has 0 unspecified atom stereocenters. The third-order valence-corrected chi connectivity index (χ3v) is 3.72. The van der Waals surface area contributed by atoms with Crippen molar-refractivity contribution in [1.82, 2.24) is 0 Å². The Morgan fingerprint density at radius 2 is 1.59 bits per heavy atom. The van der Waals surface area contributed by atoms with Gasteiger partial charge in [-0.25, -0.2) is 0 Å². The first kappa shape index (κ1) is 14.0. The summed E-state index contributed by atoms with van der Waals surface area (Å²) in [6.45, 7) is 1.91. The lowest BCUT2D eigenvalue weighted by Gasteiger charge is -2.11. The highest BCUT2D eigenvalue weighted by atomic mass is 16.1. The number of aldehydes is 1. The number of benzene rings is 3. The molecule has 0 heterocycles. The lowest BCUT2D eigenvalue weighted by molar-refractivity contribution is 0.102. The van der Waals surface area contributed by atoms with Crippen molar-refractivity contribution in [3.05, 3.63) is 77.4 Å². The highest BCUT2D eigenvalue weighted by Gasteiger charge is 2.11. The van der Waals surface area contributed by atoms with Gasteiger partial charge in [0.2, 0.25) is 0 Å². The molecule has 0 bridgehead atoms. The van der Waals surface area contributed by atoms with Crippen LogP contribution in [0, 0.1) is 6.92 Å². The van der Waals surface area contributed by atoms with E-state index in [4.69, 9.17) is 0 Å². The van der Waals surface area contributed by atoms with Crippen molar-refractivity contribution in [2.24, 2.45) is 0 Å². The molecular formula is C19H15NO2. The zero-order valence-corrected chi connectivity index (χ0v) is 12.2. The minimum atomic E-state index is -0.151. The Morgan fingerprint density at radius 1 is 0.909 bits per heavy atom. The second-order valence-corrected chi connectivity index (χ2v) is 5.13. The highest BCUT2D eigenvalue weighted by Crippen LogP contribution is 2.26. The van der Waals surface area contributed by atoms with Gasteiger partial charge in [0, 0.05) is 22.2 Å². The Labute approximate surface area is 128 Å². The van der Waals surface area contributed by atoms with Gasteiger partial charge in [0.25, 0.3) is 5.91 Å². The number of anilines is 1. The normalized spacial score (nSPS) is 10.4. The monoisotopic (exact) mass is 289 g/mol. The molecule has 3 aromatic carbocycles. The molecule has 22 heavy (non-hydrogen) atoms. The molecule has 0 aliphatic rings. The van der Waals surface area contributed by atoms with Crippen LogP contribution in [0.15, 0.2) is 60.7 Å². The molecule has 3 rings (SSSR count). The third-order valence-electron chi connectivity index (χ3n) is 3.72. The average molecular weight is 289 g/mol. The number of hydrogen-bond donors (Lipinski definition) is 1. The van der Waals surface area contributed by atoms with Crippen LogP contribution in [-0.2, 0) is 0 Å². The second kappa shape index (κ2) is 5.82. The van der Waals surface area contributed by atoms with E-state index < -0.39 is 0 Å². The predicted molar refractivity (Wildman–Crippen MR) is 88.5 cm³/mol. The van der Waals surface area contributed by atoms with Crippen LogP contribution in [0.5, 0.6) is 0 Å². The smallest absolute Gasteiger partial charge is 0.255 e. The van der Waals surface area contributed by atoms with Gasteiger partial charge in [0.1, 0.15) is 0 Å². The Kier molecular flexibility index (Phi) is 3.71. The van der Waals surface area contributed by atoms with E-state index in [9.17, 15) is 9.59 Å². The summed E-state index contributed by atoms with van der Waals surface area (Å²) in [6, 6.07) is 18.5. The molecule has 0 aliphatic heterocycles. The lowest BCUT2D eigenvalue weighted by atomic mass is 10.0. The van der Waals surface area contributed by atoms with Crippen LogP contribution >= 0.6 is 0 Å². The van der Waals surface area contributed by atoms with Gasteiger partial charge in [-0.05, 0) is 36.1 Å². The van der Waals surface area contributed by atoms with E-state index in [0.717, 1.165) is 22.6 Å². The first-order chi connectivity index (χ1) is 10.7. The molecule has 0 saturated heterocycles. The number of aryl methyl sites for hydroxylation is 1. The molecule has 0 atom stereocenters. The van der Waals surface area contributed by atoms with Crippen LogP contribution < -0.4 is 5.32 Å². The topological polar surface area (TPSA) is 46.2 Å². The summed E-state index contributed by atoms with van der Waals surface area (Å²) in [5, 5.41) is 4.63. The standard InChI is InChI=1S/C19H15NO2/c1-13-6-2-3-7-15(13)19(22)20-18-11-10-14(12-21)16-8-4-5-9-17(16)18/h2-12H,1H3,(H,20,22).